The molecule has 0 radical (unpaired) electrons. The molecule has 2 aliphatic heterocycles. The number of amides is 1. The maximum absolute atomic E-state index is 12.9. The second-order valence-corrected chi connectivity index (χ2v) is 28.4. The van der Waals surface area contributed by atoms with E-state index in [1.807, 2.05) is 68.5 Å². The Kier molecular flexibility index (Phi) is 15.8. The van der Waals surface area contributed by atoms with Crippen LogP contribution in [0.3, 0.4) is 0 Å². The number of nitrogens with zero attached hydrogens (tertiary/aromatic N) is 4. The number of allylic oxidation sites excluding steroid dienone is 6. The molecule has 0 atom stereocenters. The fraction of sp³-hybridized carbons (Fsp3) is 0.294. The highest BCUT2D eigenvalue weighted by Crippen LogP contribution is 2.52. The van der Waals surface area contributed by atoms with E-state index in [9.17, 15) is 65.1 Å². The standard InChI is InChI=1S/C51H54N6O15S6/c1-6-7-25-56-40-20-15-34-14-18-35(76(64,65)66)28-38(34)46(40)50(2,3)43(56)22-16-33(32-12-9-31(10-13-32)11-24-45(58)53-48-54-55-49(73-48)75(52,62)63)17-23-44-51(4,5)47-39-29-36(77(67,68)69)30-42(78(70,71)72)37(39)19-21-41(47)57(44)26-8-27-74(59,60)61/h9-10,12-23,28-30H,6-8,11,24-27H2,1-5H3,(H6-,52,53,54,58,59,60,61,62,63,64,65,66,67,68,69,70,71,72)/p+1. The Balaban J connectivity index is 1.28. The zero-order valence-corrected chi connectivity index (χ0v) is 47.5. The summed E-state index contributed by atoms with van der Waals surface area (Å²) in [5.74, 6) is -1.09. The van der Waals surface area contributed by atoms with Crippen molar-refractivity contribution in [3.8, 4) is 0 Å². The van der Waals surface area contributed by atoms with E-state index in [1.165, 1.54) is 18.2 Å². The minimum absolute atomic E-state index is 0.0184. The summed E-state index contributed by atoms with van der Waals surface area (Å²) in [5, 5.41) is 16.2. The molecule has 1 aromatic heterocycles. The molecule has 0 fully saturated rings. The number of carbonyl (C=O) groups excluding carboxylic acids is 1. The van der Waals surface area contributed by atoms with E-state index in [0.29, 0.717) is 57.4 Å². The number of anilines is 2. The molecular weight excluding hydrogens is 1130 g/mol. The summed E-state index contributed by atoms with van der Waals surface area (Å²) >= 11 is 0.609. The minimum atomic E-state index is -5.07. The van der Waals surface area contributed by atoms with Crippen molar-refractivity contribution in [1.82, 2.24) is 10.2 Å². The van der Waals surface area contributed by atoms with Crippen LogP contribution in [0.25, 0.3) is 27.1 Å². The van der Waals surface area contributed by atoms with Crippen LogP contribution in [0.5, 0.6) is 0 Å². The molecule has 8 rings (SSSR count). The molecule has 21 nitrogen and oxygen atoms in total. The molecule has 1 amide bonds. The van der Waals surface area contributed by atoms with E-state index >= 15 is 0 Å². The zero-order chi connectivity index (χ0) is 57.1. The molecule has 6 aromatic rings. The lowest BCUT2D eigenvalue weighted by Gasteiger charge is -2.27. The maximum Gasteiger partial charge on any atom is 0.295 e. The number of unbranched alkanes of at least 4 members (excludes halogenated alkanes) is 1. The predicted octanol–water partition coefficient (Wildman–Crippen LogP) is 7.58. The van der Waals surface area contributed by atoms with Crippen molar-refractivity contribution in [3.05, 3.63) is 131 Å². The Morgan fingerprint density at radius 1 is 0.756 bits per heavy atom. The fourth-order valence-corrected chi connectivity index (χ4v) is 13.9. The number of primary sulfonamides is 1. The monoisotopic (exact) mass is 1180 g/mol. The number of aromatic nitrogens is 2. The van der Waals surface area contributed by atoms with Gasteiger partial charge in [-0.2, -0.15) is 38.2 Å². The van der Waals surface area contributed by atoms with Crippen molar-refractivity contribution in [2.75, 3.05) is 29.1 Å². The van der Waals surface area contributed by atoms with Gasteiger partial charge in [0.2, 0.25) is 21.1 Å². The summed E-state index contributed by atoms with van der Waals surface area (Å²) in [7, 11) is -23.2. The van der Waals surface area contributed by atoms with Crippen LogP contribution in [0.1, 0.15) is 82.6 Å². The molecule has 0 spiro atoms. The van der Waals surface area contributed by atoms with Crippen LogP contribution in [0.4, 0.5) is 16.5 Å². The molecule has 0 saturated heterocycles. The van der Waals surface area contributed by atoms with Crippen LogP contribution in [-0.2, 0) is 72.5 Å². The maximum atomic E-state index is 12.9. The van der Waals surface area contributed by atoms with Crippen LogP contribution in [0.2, 0.25) is 0 Å². The number of nitrogens with two attached hydrogens (primary N) is 1. The third kappa shape index (κ3) is 12.1. The number of sulfonamides is 1. The van der Waals surface area contributed by atoms with Gasteiger partial charge in [0.25, 0.3) is 50.5 Å². The zero-order valence-electron chi connectivity index (χ0n) is 42.6. The van der Waals surface area contributed by atoms with Crippen LogP contribution < -0.4 is 15.4 Å². The van der Waals surface area contributed by atoms with Crippen LogP contribution in [0.15, 0.2) is 128 Å². The Morgan fingerprint density at radius 3 is 2.04 bits per heavy atom. The first-order chi connectivity index (χ1) is 36.2. The molecule has 5 aromatic carbocycles. The number of fused-ring (bicyclic) bond motifs is 6. The summed E-state index contributed by atoms with van der Waals surface area (Å²) in [6, 6.07) is 20.3. The third-order valence-corrected chi connectivity index (χ3v) is 19.3. The van der Waals surface area contributed by atoms with Crippen molar-refractivity contribution in [2.45, 2.75) is 96.6 Å². The second kappa shape index (κ2) is 21.2. The number of hydrogen-bond acceptors (Lipinski definition) is 15. The van der Waals surface area contributed by atoms with Crippen LogP contribution >= 0.6 is 11.3 Å². The fourth-order valence-electron chi connectivity index (χ4n) is 10.2. The average molecular weight is 1180 g/mol. The van der Waals surface area contributed by atoms with Gasteiger partial charge in [0.05, 0.1) is 21.0 Å². The quantitative estimate of drug-likeness (QED) is 0.0197. The number of benzene rings is 5. The van der Waals surface area contributed by atoms with Gasteiger partial charge < -0.3 is 10.2 Å². The Hall–Kier alpha value is -6.11. The van der Waals surface area contributed by atoms with Gasteiger partial charge in [0.1, 0.15) is 11.4 Å². The predicted molar refractivity (Wildman–Crippen MR) is 296 cm³/mol. The molecule has 78 heavy (non-hydrogen) atoms. The Bertz CT molecular complexity index is 4190. The molecule has 2 aliphatic rings. The first kappa shape index (κ1) is 58.0. The molecule has 27 heteroatoms. The van der Waals surface area contributed by atoms with E-state index in [-0.39, 0.29) is 46.6 Å². The third-order valence-electron chi connectivity index (χ3n) is 13.8. The first-order valence-electron chi connectivity index (χ1n) is 24.0. The normalized spacial score (nSPS) is 16.5. The molecule has 414 valence electrons. The van der Waals surface area contributed by atoms with Gasteiger partial charge in [0, 0.05) is 59.3 Å². The van der Waals surface area contributed by atoms with Crippen LogP contribution in [0, 0.1) is 0 Å². The molecule has 0 unspecified atom stereocenters. The molecule has 3 heterocycles. The highest BCUT2D eigenvalue weighted by atomic mass is 32.3. The van der Waals surface area contributed by atoms with Crippen molar-refractivity contribution >= 4 is 117 Å². The van der Waals surface area contributed by atoms with E-state index in [2.05, 4.69) is 27.0 Å². The van der Waals surface area contributed by atoms with E-state index in [0.717, 1.165) is 46.8 Å². The molecule has 0 aliphatic carbocycles. The van der Waals surface area contributed by atoms with Gasteiger partial charge in [0.15, 0.2) is 5.71 Å². The topological polar surface area (TPSA) is 339 Å². The molecule has 0 bridgehead atoms. The Labute approximate surface area is 456 Å². The smallest absolute Gasteiger partial charge is 0.295 e. The summed E-state index contributed by atoms with van der Waals surface area (Å²) in [6.45, 7) is 10.2. The van der Waals surface area contributed by atoms with Gasteiger partial charge in [-0.1, -0.05) is 81.0 Å². The van der Waals surface area contributed by atoms with Crippen molar-refractivity contribution in [1.29, 1.82) is 0 Å². The largest absolute Gasteiger partial charge is 0.344 e. The number of rotatable bonds is 19. The van der Waals surface area contributed by atoms with Gasteiger partial charge in [-0.25, -0.2) is 13.6 Å². The molecule has 7 N–H and O–H groups in total. The lowest BCUT2D eigenvalue weighted by molar-refractivity contribution is -0.438. The summed E-state index contributed by atoms with van der Waals surface area (Å²) in [4.78, 5) is 12.9. The number of hydrogen-bond donors (Lipinski definition) is 6. The first-order valence-corrected chi connectivity index (χ1v) is 32.3. The van der Waals surface area contributed by atoms with Crippen LogP contribution in [-0.4, -0.2) is 106 Å². The number of aryl methyl sites for hydroxylation is 1. The number of nitrogens with one attached hydrogen (secondary N) is 1. The van der Waals surface area contributed by atoms with Gasteiger partial charge in [-0.3, -0.25) is 23.0 Å². The number of carbonyl (C=O) groups is 1. The van der Waals surface area contributed by atoms with Crippen molar-refractivity contribution in [3.63, 3.8) is 0 Å². The Morgan fingerprint density at radius 2 is 1.42 bits per heavy atom. The van der Waals surface area contributed by atoms with Gasteiger partial charge in [-0.15, -0.1) is 10.2 Å². The summed E-state index contributed by atoms with van der Waals surface area (Å²) in [6.07, 6.45) is 9.23. The van der Waals surface area contributed by atoms with E-state index < -0.39 is 87.1 Å². The van der Waals surface area contributed by atoms with Gasteiger partial charge >= 0.3 is 0 Å². The lowest BCUT2D eigenvalue weighted by atomic mass is 9.79. The summed E-state index contributed by atoms with van der Waals surface area (Å²) < 4.78 is 165. The van der Waals surface area contributed by atoms with E-state index in [1.54, 1.807) is 37.0 Å². The molecular formula is C51H55N6O15S6+. The highest BCUT2D eigenvalue weighted by Gasteiger charge is 2.46. The minimum Gasteiger partial charge on any atom is -0.344 e. The molecule has 0 saturated carbocycles. The lowest BCUT2D eigenvalue weighted by Crippen LogP contribution is -2.28. The summed E-state index contributed by atoms with van der Waals surface area (Å²) in [5.41, 5.74) is 3.94. The second-order valence-electron chi connectivity index (χ2n) is 19.8. The van der Waals surface area contributed by atoms with Crippen molar-refractivity contribution < 1.29 is 69.7 Å². The van der Waals surface area contributed by atoms with Gasteiger partial charge in [-0.05, 0) is 114 Å². The van der Waals surface area contributed by atoms with E-state index in [4.69, 9.17) is 5.14 Å². The SMILES string of the molecule is CCCC[N+]1=C(/C=C/C(=C/C=C2/N(CCCS(=O)(=O)O)c3ccc4c(S(=O)(=O)O)cc(S(=O)(=O)O)cc4c3C2(C)C)c2ccc(CCC(=O)Nc3nnc(S(N)(=O)=O)s3)cc2)C(C)(C)c2c1ccc1ccc(S(=O)(=O)O)cc21. The highest BCUT2D eigenvalue weighted by molar-refractivity contribution is 7.91. The average Bonchev–Trinajstić information content (AvgIpc) is 4.20. The van der Waals surface area contributed by atoms with Crippen molar-refractivity contribution in [2.24, 2.45) is 5.14 Å².